The lowest BCUT2D eigenvalue weighted by atomic mass is 10.00. The molecule has 104 valence electrons. The molecule has 1 saturated carbocycles. The molecule has 6 heteroatoms. The lowest BCUT2D eigenvalue weighted by molar-refractivity contribution is -0.149. The SMILES string of the molecule is CCOC(=O)C1(N)CCC(Sc2ncccc2Cl)C1. The van der Waals surface area contributed by atoms with Crippen LogP contribution in [0.4, 0.5) is 0 Å². The summed E-state index contributed by atoms with van der Waals surface area (Å²) < 4.78 is 5.04. The maximum atomic E-state index is 11.8. The van der Waals surface area contributed by atoms with Gasteiger partial charge in [-0.25, -0.2) is 4.98 Å². The average Bonchev–Trinajstić information content (AvgIpc) is 2.76. The van der Waals surface area contributed by atoms with Crippen molar-refractivity contribution < 1.29 is 9.53 Å². The lowest BCUT2D eigenvalue weighted by Gasteiger charge is -2.21. The molecule has 4 nitrogen and oxygen atoms in total. The summed E-state index contributed by atoms with van der Waals surface area (Å²) in [6, 6.07) is 3.61. The predicted molar refractivity (Wildman–Crippen MR) is 76.3 cm³/mol. The summed E-state index contributed by atoms with van der Waals surface area (Å²) in [6.07, 6.45) is 3.83. The standard InChI is InChI=1S/C13H17ClN2O2S/c1-2-18-12(17)13(15)6-5-9(8-13)19-11-10(14)4-3-7-16-11/h3-4,7,9H,2,5-6,8,15H2,1H3. The number of aromatic nitrogens is 1. The average molecular weight is 301 g/mol. The molecule has 0 radical (unpaired) electrons. The summed E-state index contributed by atoms with van der Waals surface area (Å²) in [5.41, 5.74) is 5.28. The van der Waals surface area contributed by atoms with E-state index in [1.54, 1.807) is 30.9 Å². The van der Waals surface area contributed by atoms with Crippen LogP contribution >= 0.6 is 23.4 Å². The van der Waals surface area contributed by atoms with E-state index in [1.807, 2.05) is 6.07 Å². The van der Waals surface area contributed by atoms with Crippen molar-refractivity contribution in [3.05, 3.63) is 23.4 Å². The van der Waals surface area contributed by atoms with E-state index < -0.39 is 5.54 Å². The molecule has 1 heterocycles. The van der Waals surface area contributed by atoms with Crippen LogP contribution in [0.25, 0.3) is 0 Å². The number of ether oxygens (including phenoxy) is 1. The van der Waals surface area contributed by atoms with Gasteiger partial charge >= 0.3 is 5.97 Å². The number of carbonyl (C=O) groups excluding carboxylic acids is 1. The number of esters is 1. The maximum absolute atomic E-state index is 11.8. The molecule has 0 aliphatic heterocycles. The van der Waals surface area contributed by atoms with E-state index in [9.17, 15) is 4.79 Å². The summed E-state index contributed by atoms with van der Waals surface area (Å²) in [6.45, 7) is 2.15. The molecule has 1 aromatic heterocycles. The van der Waals surface area contributed by atoms with Crippen molar-refractivity contribution in [2.75, 3.05) is 6.61 Å². The zero-order valence-corrected chi connectivity index (χ0v) is 12.3. The first-order chi connectivity index (χ1) is 9.05. The molecular weight excluding hydrogens is 284 g/mol. The number of nitrogens with two attached hydrogens (primary N) is 1. The van der Waals surface area contributed by atoms with E-state index in [1.165, 1.54) is 0 Å². The highest BCUT2D eigenvalue weighted by atomic mass is 35.5. The van der Waals surface area contributed by atoms with Gasteiger partial charge in [0.2, 0.25) is 0 Å². The molecule has 0 aromatic carbocycles. The Bertz CT molecular complexity index is 472. The number of rotatable bonds is 4. The highest BCUT2D eigenvalue weighted by Crippen LogP contribution is 2.40. The maximum Gasteiger partial charge on any atom is 0.326 e. The molecule has 1 aliphatic carbocycles. The Morgan fingerprint density at radius 2 is 2.53 bits per heavy atom. The fourth-order valence-electron chi connectivity index (χ4n) is 2.21. The first-order valence-corrected chi connectivity index (χ1v) is 7.54. The largest absolute Gasteiger partial charge is 0.465 e. The molecule has 2 rings (SSSR count). The highest BCUT2D eigenvalue weighted by Gasteiger charge is 2.43. The number of thioether (sulfide) groups is 1. The third-order valence-corrected chi connectivity index (χ3v) is 4.89. The molecule has 2 unspecified atom stereocenters. The van der Waals surface area contributed by atoms with Crippen LogP contribution in [-0.4, -0.2) is 28.3 Å². The molecule has 0 bridgehead atoms. The Hall–Kier alpha value is -0.780. The monoisotopic (exact) mass is 300 g/mol. The molecule has 0 spiro atoms. The number of hydrogen-bond acceptors (Lipinski definition) is 5. The Labute approximate surface area is 122 Å². The van der Waals surface area contributed by atoms with Crippen LogP contribution in [0.3, 0.4) is 0 Å². The molecule has 1 aromatic rings. The van der Waals surface area contributed by atoms with Gasteiger partial charge in [0.1, 0.15) is 10.6 Å². The second kappa shape index (κ2) is 6.11. The van der Waals surface area contributed by atoms with Crippen LogP contribution < -0.4 is 5.73 Å². The van der Waals surface area contributed by atoms with Crippen LogP contribution in [0.2, 0.25) is 5.02 Å². The van der Waals surface area contributed by atoms with Crippen molar-refractivity contribution in [3.8, 4) is 0 Å². The lowest BCUT2D eigenvalue weighted by Crippen LogP contribution is -2.47. The highest BCUT2D eigenvalue weighted by molar-refractivity contribution is 8.00. The molecule has 1 fully saturated rings. The predicted octanol–water partition coefficient (Wildman–Crippen LogP) is 2.64. The van der Waals surface area contributed by atoms with Crippen molar-refractivity contribution in [2.24, 2.45) is 5.73 Å². The summed E-state index contributed by atoms with van der Waals surface area (Å²) in [5.74, 6) is -0.301. The zero-order chi connectivity index (χ0) is 13.9. The van der Waals surface area contributed by atoms with Gasteiger partial charge in [-0.1, -0.05) is 11.6 Å². The Morgan fingerprint density at radius 3 is 3.21 bits per heavy atom. The fraction of sp³-hybridized carbons (Fsp3) is 0.538. The van der Waals surface area contributed by atoms with Gasteiger partial charge in [0.25, 0.3) is 0 Å². The van der Waals surface area contributed by atoms with E-state index in [-0.39, 0.29) is 11.2 Å². The topological polar surface area (TPSA) is 65.2 Å². The van der Waals surface area contributed by atoms with Gasteiger partial charge in [0.15, 0.2) is 0 Å². The van der Waals surface area contributed by atoms with Gasteiger partial charge in [0.05, 0.1) is 11.6 Å². The van der Waals surface area contributed by atoms with Crippen LogP contribution in [-0.2, 0) is 9.53 Å². The summed E-state index contributed by atoms with van der Waals surface area (Å²) in [5, 5.41) is 1.68. The fourth-order valence-corrected chi connectivity index (χ4v) is 3.70. The molecule has 19 heavy (non-hydrogen) atoms. The minimum Gasteiger partial charge on any atom is -0.465 e. The van der Waals surface area contributed by atoms with Crippen molar-refractivity contribution in [1.29, 1.82) is 0 Å². The van der Waals surface area contributed by atoms with Crippen molar-refractivity contribution in [3.63, 3.8) is 0 Å². The summed E-state index contributed by atoms with van der Waals surface area (Å²) in [7, 11) is 0. The summed E-state index contributed by atoms with van der Waals surface area (Å²) >= 11 is 7.66. The quantitative estimate of drug-likeness (QED) is 0.866. The first kappa shape index (κ1) is 14.6. The van der Waals surface area contributed by atoms with E-state index in [2.05, 4.69) is 4.98 Å². The van der Waals surface area contributed by atoms with Gasteiger partial charge in [-0.3, -0.25) is 4.79 Å². The number of halogens is 1. The molecular formula is C13H17ClN2O2S. The minimum atomic E-state index is -0.852. The third kappa shape index (κ3) is 3.41. The van der Waals surface area contributed by atoms with E-state index in [0.717, 1.165) is 11.4 Å². The number of nitrogens with zero attached hydrogens (tertiary/aromatic N) is 1. The number of carbonyl (C=O) groups is 1. The van der Waals surface area contributed by atoms with Crippen LogP contribution in [0, 0.1) is 0 Å². The van der Waals surface area contributed by atoms with Gasteiger partial charge in [-0.15, -0.1) is 11.8 Å². The molecule has 0 saturated heterocycles. The van der Waals surface area contributed by atoms with Gasteiger partial charge < -0.3 is 10.5 Å². The minimum absolute atomic E-state index is 0.252. The second-order valence-corrected chi connectivity index (χ2v) is 6.35. The second-order valence-electron chi connectivity index (χ2n) is 4.65. The Morgan fingerprint density at radius 1 is 1.74 bits per heavy atom. The van der Waals surface area contributed by atoms with E-state index in [4.69, 9.17) is 22.1 Å². The number of hydrogen-bond donors (Lipinski definition) is 1. The van der Waals surface area contributed by atoms with Gasteiger partial charge in [0, 0.05) is 11.4 Å². The van der Waals surface area contributed by atoms with E-state index >= 15 is 0 Å². The molecule has 0 amide bonds. The smallest absolute Gasteiger partial charge is 0.326 e. The van der Waals surface area contributed by atoms with Crippen LogP contribution in [0.5, 0.6) is 0 Å². The first-order valence-electron chi connectivity index (χ1n) is 6.28. The van der Waals surface area contributed by atoms with Crippen molar-refractivity contribution in [2.45, 2.75) is 42.0 Å². The number of pyridine rings is 1. The molecule has 2 N–H and O–H groups in total. The van der Waals surface area contributed by atoms with Crippen LogP contribution in [0.15, 0.2) is 23.4 Å². The Kier molecular flexibility index (Phi) is 4.71. The van der Waals surface area contributed by atoms with Gasteiger partial charge in [-0.05, 0) is 38.3 Å². The normalized spacial score (nSPS) is 26.4. The molecule has 2 atom stereocenters. The summed E-state index contributed by atoms with van der Waals surface area (Å²) in [4.78, 5) is 16.1. The van der Waals surface area contributed by atoms with Crippen molar-refractivity contribution >= 4 is 29.3 Å². The van der Waals surface area contributed by atoms with Crippen molar-refractivity contribution in [1.82, 2.24) is 4.98 Å². The van der Waals surface area contributed by atoms with E-state index in [0.29, 0.717) is 24.5 Å². The van der Waals surface area contributed by atoms with Crippen LogP contribution in [0.1, 0.15) is 26.2 Å². The van der Waals surface area contributed by atoms with Gasteiger partial charge in [-0.2, -0.15) is 0 Å². The zero-order valence-electron chi connectivity index (χ0n) is 10.8. The third-order valence-electron chi connectivity index (χ3n) is 3.19. The molecule has 1 aliphatic rings. The Balaban J connectivity index is 1.99.